The summed E-state index contributed by atoms with van der Waals surface area (Å²) in [5.74, 6) is -4.33. The largest absolute Gasteiger partial charge is 0.468 e. The maximum Gasteiger partial charge on any atom is 0.326 e. The second-order valence-electron chi connectivity index (χ2n) is 8.94. The van der Waals surface area contributed by atoms with E-state index in [1.807, 2.05) is 6.07 Å². The summed E-state index contributed by atoms with van der Waals surface area (Å²) in [5.41, 5.74) is -0.780. The first kappa shape index (κ1) is 25.0. The number of ether oxygens (including phenoxy) is 1. The predicted molar refractivity (Wildman–Crippen MR) is 123 cm³/mol. The van der Waals surface area contributed by atoms with E-state index in [-0.39, 0.29) is 18.0 Å². The first-order valence-electron chi connectivity index (χ1n) is 11.0. The fraction of sp³-hybridized carbons (Fsp3) is 0.375. The highest BCUT2D eigenvalue weighted by Crippen LogP contribution is 2.44. The molecule has 0 saturated carbocycles. The SMILES string of the molecule is COC(=O)[C@]1(C)N[C@H](CN(C)S(=O)(=O)c2ccc(F)cc2)[C@@H]2C(=O)N(Cc3ccccc3)C(=O)[C@@H]21. The summed E-state index contributed by atoms with van der Waals surface area (Å²) in [6.07, 6.45) is 0. The van der Waals surface area contributed by atoms with E-state index in [4.69, 9.17) is 4.74 Å². The summed E-state index contributed by atoms with van der Waals surface area (Å²) in [6, 6.07) is 12.5. The van der Waals surface area contributed by atoms with Gasteiger partial charge in [0.15, 0.2) is 0 Å². The summed E-state index contributed by atoms with van der Waals surface area (Å²) in [7, 11) is -1.52. The maximum absolute atomic E-state index is 13.5. The van der Waals surface area contributed by atoms with Gasteiger partial charge in [-0.05, 0) is 36.8 Å². The van der Waals surface area contributed by atoms with Gasteiger partial charge in [-0.1, -0.05) is 30.3 Å². The van der Waals surface area contributed by atoms with E-state index in [0.29, 0.717) is 0 Å². The number of halogens is 1. The van der Waals surface area contributed by atoms with E-state index >= 15 is 0 Å². The summed E-state index contributed by atoms with van der Waals surface area (Å²) in [6.45, 7) is 1.33. The highest BCUT2D eigenvalue weighted by Gasteiger charge is 2.66. The first-order chi connectivity index (χ1) is 16.5. The normalized spacial score (nSPS) is 26.3. The van der Waals surface area contributed by atoms with Gasteiger partial charge in [0.2, 0.25) is 21.8 Å². The summed E-state index contributed by atoms with van der Waals surface area (Å²) >= 11 is 0. The summed E-state index contributed by atoms with van der Waals surface area (Å²) < 4.78 is 45.3. The van der Waals surface area contributed by atoms with E-state index in [9.17, 15) is 27.2 Å². The number of sulfonamides is 1. The van der Waals surface area contributed by atoms with Crippen molar-refractivity contribution < 1.29 is 31.9 Å². The number of nitrogens with one attached hydrogen (secondary N) is 1. The van der Waals surface area contributed by atoms with Crippen LogP contribution in [0, 0.1) is 17.7 Å². The van der Waals surface area contributed by atoms with Crippen LogP contribution in [0.1, 0.15) is 12.5 Å². The molecule has 186 valence electrons. The fourth-order valence-electron chi connectivity index (χ4n) is 4.97. The second-order valence-corrected chi connectivity index (χ2v) is 11.0. The van der Waals surface area contributed by atoms with Gasteiger partial charge in [0.1, 0.15) is 11.4 Å². The zero-order chi connectivity index (χ0) is 25.5. The average molecular weight is 504 g/mol. The number of esters is 1. The molecule has 35 heavy (non-hydrogen) atoms. The predicted octanol–water partition coefficient (Wildman–Crippen LogP) is 1.15. The van der Waals surface area contributed by atoms with E-state index in [1.54, 1.807) is 24.3 Å². The smallest absolute Gasteiger partial charge is 0.326 e. The molecule has 2 amide bonds. The van der Waals surface area contributed by atoms with Crippen LogP contribution in [-0.2, 0) is 35.7 Å². The second kappa shape index (κ2) is 9.14. The van der Waals surface area contributed by atoms with Crippen LogP contribution in [0.3, 0.4) is 0 Å². The molecule has 2 fully saturated rings. The molecule has 0 aliphatic carbocycles. The number of rotatable bonds is 7. The van der Waals surface area contributed by atoms with Crippen LogP contribution in [0.4, 0.5) is 4.39 Å². The number of likely N-dealkylation sites (tertiary alicyclic amines) is 1. The third-order valence-electron chi connectivity index (χ3n) is 6.75. The number of benzene rings is 2. The highest BCUT2D eigenvalue weighted by molar-refractivity contribution is 7.89. The number of likely N-dealkylation sites (N-methyl/N-ethyl adjacent to an activating group) is 1. The fourth-order valence-corrected chi connectivity index (χ4v) is 6.17. The third-order valence-corrected chi connectivity index (χ3v) is 8.59. The van der Waals surface area contributed by atoms with Gasteiger partial charge in [-0.3, -0.25) is 24.6 Å². The van der Waals surface area contributed by atoms with E-state index < -0.39 is 57.0 Å². The molecule has 2 aliphatic heterocycles. The van der Waals surface area contributed by atoms with Gasteiger partial charge >= 0.3 is 5.97 Å². The lowest BCUT2D eigenvalue weighted by Crippen LogP contribution is -2.56. The number of hydrogen-bond donors (Lipinski definition) is 1. The van der Waals surface area contributed by atoms with Crippen molar-refractivity contribution in [2.45, 2.75) is 29.9 Å². The Bertz CT molecular complexity index is 1250. The minimum absolute atomic E-state index is 0.0409. The molecule has 2 aromatic carbocycles. The first-order valence-corrected chi connectivity index (χ1v) is 12.4. The van der Waals surface area contributed by atoms with E-state index in [2.05, 4.69) is 5.32 Å². The number of fused-ring (bicyclic) bond motifs is 1. The van der Waals surface area contributed by atoms with E-state index in [1.165, 1.54) is 21.1 Å². The number of carbonyl (C=O) groups excluding carboxylic acids is 3. The van der Waals surface area contributed by atoms with Gasteiger partial charge < -0.3 is 4.74 Å². The molecule has 1 N–H and O–H groups in total. The number of imide groups is 1. The number of carbonyl (C=O) groups is 3. The zero-order valence-electron chi connectivity index (χ0n) is 19.5. The van der Waals surface area contributed by atoms with Crippen LogP contribution >= 0.6 is 0 Å². The van der Waals surface area contributed by atoms with Gasteiger partial charge in [-0.2, -0.15) is 4.31 Å². The number of hydrogen-bond acceptors (Lipinski definition) is 7. The molecule has 2 aliphatic rings. The average Bonchev–Trinajstić information content (AvgIpc) is 3.27. The van der Waals surface area contributed by atoms with Crippen LogP contribution in [0.15, 0.2) is 59.5 Å². The van der Waals surface area contributed by atoms with Crippen molar-refractivity contribution in [2.24, 2.45) is 11.8 Å². The number of methoxy groups -OCH3 is 1. The van der Waals surface area contributed by atoms with Gasteiger partial charge in [0.25, 0.3) is 0 Å². The maximum atomic E-state index is 13.5. The van der Waals surface area contributed by atoms with Crippen LogP contribution in [0.5, 0.6) is 0 Å². The monoisotopic (exact) mass is 503 g/mol. The molecule has 0 bridgehead atoms. The molecule has 0 unspecified atom stereocenters. The van der Waals surface area contributed by atoms with Crippen LogP contribution in [0.25, 0.3) is 0 Å². The van der Waals surface area contributed by atoms with Crippen molar-refractivity contribution in [3.8, 4) is 0 Å². The minimum atomic E-state index is -4.03. The molecule has 4 rings (SSSR count). The van der Waals surface area contributed by atoms with Crippen LogP contribution in [-0.4, -0.2) is 67.7 Å². The lowest BCUT2D eigenvalue weighted by atomic mass is 9.81. The zero-order valence-corrected chi connectivity index (χ0v) is 20.3. The molecular formula is C24H26FN3O6S. The van der Waals surface area contributed by atoms with Crippen molar-refractivity contribution in [2.75, 3.05) is 20.7 Å². The quantitative estimate of drug-likeness (QED) is 0.446. The Balaban J connectivity index is 1.65. The molecule has 2 aromatic rings. The van der Waals surface area contributed by atoms with Gasteiger partial charge in [0.05, 0.1) is 30.4 Å². The van der Waals surface area contributed by atoms with Crippen molar-refractivity contribution in [1.82, 2.24) is 14.5 Å². The minimum Gasteiger partial charge on any atom is -0.468 e. The molecular weight excluding hydrogens is 477 g/mol. The van der Waals surface area contributed by atoms with Gasteiger partial charge in [-0.25, -0.2) is 12.8 Å². The standard InChI is InChI=1S/C24H26FN3O6S/c1-24(23(31)34-3)20-19(21(29)28(22(20)30)13-15-7-5-4-6-8-15)18(26-24)14-27(2)35(32,33)17-11-9-16(25)10-12-17/h4-12,18-20,26H,13-14H2,1-3H3/t18-,19+,20-,24-/m1/s1. The lowest BCUT2D eigenvalue weighted by molar-refractivity contribution is -0.153. The Morgan fingerprint density at radius 2 is 1.74 bits per heavy atom. The lowest BCUT2D eigenvalue weighted by Gasteiger charge is -2.29. The molecule has 0 spiro atoms. The Kier molecular flexibility index (Phi) is 6.52. The summed E-state index contributed by atoms with van der Waals surface area (Å²) in [5, 5.41) is 3.02. The Morgan fingerprint density at radius 3 is 2.34 bits per heavy atom. The molecule has 11 heteroatoms. The van der Waals surface area contributed by atoms with Crippen molar-refractivity contribution in [3.63, 3.8) is 0 Å². The molecule has 2 heterocycles. The molecule has 0 radical (unpaired) electrons. The van der Waals surface area contributed by atoms with Crippen LogP contribution < -0.4 is 5.32 Å². The number of nitrogens with zero attached hydrogens (tertiary/aromatic N) is 2. The Morgan fingerprint density at radius 1 is 1.11 bits per heavy atom. The van der Waals surface area contributed by atoms with Gasteiger partial charge in [0, 0.05) is 19.6 Å². The number of amides is 2. The van der Waals surface area contributed by atoms with E-state index in [0.717, 1.165) is 39.0 Å². The highest BCUT2D eigenvalue weighted by atomic mass is 32.2. The molecule has 9 nitrogen and oxygen atoms in total. The Hall–Kier alpha value is -3.15. The topological polar surface area (TPSA) is 113 Å². The molecule has 2 saturated heterocycles. The van der Waals surface area contributed by atoms with Crippen molar-refractivity contribution >= 4 is 27.8 Å². The van der Waals surface area contributed by atoms with Crippen molar-refractivity contribution in [3.05, 3.63) is 66.0 Å². The third kappa shape index (κ3) is 4.24. The molecule has 0 aromatic heterocycles. The van der Waals surface area contributed by atoms with Gasteiger partial charge in [-0.15, -0.1) is 0 Å². The summed E-state index contributed by atoms with van der Waals surface area (Å²) in [4.78, 5) is 40.6. The molecule has 4 atom stereocenters. The van der Waals surface area contributed by atoms with Crippen LogP contribution in [0.2, 0.25) is 0 Å². The Labute approximate surface area is 202 Å². The van der Waals surface area contributed by atoms with Crippen molar-refractivity contribution in [1.29, 1.82) is 0 Å².